The van der Waals surface area contributed by atoms with Gasteiger partial charge in [0.15, 0.2) is 0 Å². The first-order valence-electron chi connectivity index (χ1n) is 25.3. The number of halogens is 1. The van der Waals surface area contributed by atoms with Crippen LogP contribution in [-0.2, 0) is 30.5 Å². The van der Waals surface area contributed by atoms with Gasteiger partial charge in [-0.25, -0.2) is 15.0 Å². The molecule has 17 nitrogen and oxygen atoms in total. The van der Waals surface area contributed by atoms with Crippen LogP contribution in [0.4, 0.5) is 5.82 Å². The van der Waals surface area contributed by atoms with Gasteiger partial charge in [-0.05, 0) is 66.3 Å². The number of carbonyl (C=O) groups is 5. The summed E-state index contributed by atoms with van der Waals surface area (Å²) in [5.74, 6) is -0.595. The van der Waals surface area contributed by atoms with Crippen LogP contribution < -0.4 is 26.2 Å². The predicted octanol–water partition coefficient (Wildman–Crippen LogP) is 5.39. The molecule has 2 aromatic heterocycles. The zero-order valence-electron chi connectivity index (χ0n) is 42.2. The quantitative estimate of drug-likeness (QED) is 0.0579. The number of thiazole rings is 1. The van der Waals surface area contributed by atoms with E-state index in [2.05, 4.69) is 48.0 Å². The molecular weight excluding hydrogens is 956 g/mol. The van der Waals surface area contributed by atoms with Gasteiger partial charge in [0, 0.05) is 88.8 Å². The van der Waals surface area contributed by atoms with Gasteiger partial charge >= 0.3 is 0 Å². The summed E-state index contributed by atoms with van der Waals surface area (Å²) in [5.41, 5.74) is 6.60. The first kappa shape index (κ1) is 54.2. The van der Waals surface area contributed by atoms with Crippen LogP contribution in [0, 0.1) is 12.3 Å². The minimum atomic E-state index is -0.901. The maximum atomic E-state index is 14.1. The number of hydrogen-bond donors (Lipinski definition) is 6. The van der Waals surface area contributed by atoms with Crippen molar-refractivity contribution in [3.8, 4) is 10.4 Å². The highest BCUT2D eigenvalue weighted by atomic mass is 35.5. The normalized spacial score (nSPS) is 19.7. The van der Waals surface area contributed by atoms with Gasteiger partial charge in [0.2, 0.25) is 29.5 Å². The van der Waals surface area contributed by atoms with E-state index in [0.29, 0.717) is 69.4 Å². The molecular formula is C53H71ClN10O7S. The molecule has 0 spiro atoms. The summed E-state index contributed by atoms with van der Waals surface area (Å²) >= 11 is 7.78. The standard InChI is InChI=1S/C53H71ClN10O7S/c1-33-26-42(66)46-45(33)49(59-31-58-46)62-22-24-63(25-23-62)51(70)40(36-15-17-38(54)18-16-36)29-55-21-19-43(67)56-20-9-7-6-8-10-44(68)61-48(53(3,4)5)52(71)64-30-39(65)27-41(64)50(69)57-28-35-11-13-37(14-12-35)47-34(2)60-32-72-47/h11-18,31-33,39-42,48,55,65-66H,6-10,19-30H2,1-5H3,(H,56,67)(H,57,69)(H,61,68)/t33-,39-,40-,41+,42-,48-/m1/s1. The molecule has 2 aliphatic heterocycles. The third kappa shape index (κ3) is 13.9. The van der Waals surface area contributed by atoms with Crippen LogP contribution >= 0.6 is 22.9 Å². The monoisotopic (exact) mass is 1030 g/mol. The van der Waals surface area contributed by atoms with Crippen LogP contribution in [0.25, 0.3) is 10.4 Å². The average Bonchev–Trinajstić information content (AvgIpc) is 4.07. The van der Waals surface area contributed by atoms with Gasteiger partial charge in [-0.2, -0.15) is 0 Å². The van der Waals surface area contributed by atoms with Gasteiger partial charge in [-0.3, -0.25) is 24.0 Å². The Hall–Kier alpha value is -5.53. The number of nitrogens with one attached hydrogen (secondary N) is 4. The topological polar surface area (TPSA) is 222 Å². The second-order valence-corrected chi connectivity index (χ2v) is 21.8. The van der Waals surface area contributed by atoms with Crippen molar-refractivity contribution in [2.45, 2.75) is 129 Å². The lowest BCUT2D eigenvalue weighted by atomic mass is 9.85. The fourth-order valence-corrected chi connectivity index (χ4v) is 10.8. The molecule has 0 saturated carbocycles. The number of β-amino-alcohol motifs (C(OH)–C–C–N with tert-alkyl or cyclic N) is 1. The number of likely N-dealkylation sites (tertiary alicyclic amines) is 1. The van der Waals surface area contributed by atoms with Crippen molar-refractivity contribution in [2.24, 2.45) is 5.41 Å². The minimum absolute atomic E-state index is 0.000591. The molecule has 6 N–H and O–H groups in total. The van der Waals surface area contributed by atoms with Gasteiger partial charge in [-0.15, -0.1) is 11.3 Å². The molecule has 4 heterocycles. The molecule has 0 unspecified atom stereocenters. The lowest BCUT2D eigenvalue weighted by Gasteiger charge is -2.38. The molecule has 2 aromatic carbocycles. The van der Waals surface area contributed by atoms with E-state index >= 15 is 0 Å². The molecule has 3 aliphatic rings. The largest absolute Gasteiger partial charge is 0.391 e. The highest BCUT2D eigenvalue weighted by Crippen LogP contribution is 2.43. The average molecular weight is 1030 g/mol. The maximum Gasteiger partial charge on any atom is 0.246 e. The number of anilines is 1. The van der Waals surface area contributed by atoms with Gasteiger partial charge < -0.3 is 46.2 Å². The van der Waals surface area contributed by atoms with E-state index in [1.807, 2.05) is 74.5 Å². The molecule has 5 amide bonds. The van der Waals surface area contributed by atoms with E-state index in [0.717, 1.165) is 57.9 Å². The predicted molar refractivity (Wildman–Crippen MR) is 278 cm³/mol. The number of fused-ring (bicyclic) bond motifs is 1. The second kappa shape index (κ2) is 24.9. The second-order valence-electron chi connectivity index (χ2n) is 20.5. The number of unbranched alkanes of at least 4 members (excludes halogenated alkanes) is 3. The van der Waals surface area contributed by atoms with Crippen molar-refractivity contribution in [2.75, 3.05) is 57.3 Å². The van der Waals surface area contributed by atoms with E-state index in [1.54, 1.807) is 23.5 Å². The van der Waals surface area contributed by atoms with Crippen LogP contribution in [0.1, 0.15) is 125 Å². The SMILES string of the molecule is Cc1ncsc1-c1ccc(CNC(=O)[C@@H]2C[C@@H](O)CN2C(=O)[C@@H](NC(=O)CCCCCCNC(=O)CCNC[C@@H](C(=O)N2CCN(c3ncnc4c3[C@H](C)C[C@H]4O)CC2)c2ccc(Cl)cc2)C(C)(C)C)cc1. The number of aromatic nitrogens is 3. The third-order valence-corrected chi connectivity index (χ3v) is 15.2. The van der Waals surface area contributed by atoms with Crippen LogP contribution in [0.2, 0.25) is 5.02 Å². The van der Waals surface area contributed by atoms with Crippen LogP contribution in [0.5, 0.6) is 0 Å². The molecule has 7 rings (SSSR count). The van der Waals surface area contributed by atoms with Crippen molar-refractivity contribution < 1.29 is 34.2 Å². The Bertz CT molecular complexity index is 2500. The van der Waals surface area contributed by atoms with Gasteiger partial charge in [-0.1, -0.05) is 88.5 Å². The zero-order chi connectivity index (χ0) is 51.5. The molecule has 1 aliphatic carbocycles. The number of hydrogen-bond acceptors (Lipinski definition) is 13. The number of piperazine rings is 1. The summed E-state index contributed by atoms with van der Waals surface area (Å²) in [6.45, 7) is 13.4. The fraction of sp³-hybridized carbons (Fsp3) is 0.547. The van der Waals surface area contributed by atoms with Crippen molar-refractivity contribution in [3.63, 3.8) is 0 Å². The Balaban J connectivity index is 0.787. The highest BCUT2D eigenvalue weighted by molar-refractivity contribution is 7.13. The number of carbonyl (C=O) groups excluding carboxylic acids is 5. The molecule has 72 heavy (non-hydrogen) atoms. The lowest BCUT2D eigenvalue weighted by molar-refractivity contribution is -0.144. The van der Waals surface area contributed by atoms with Gasteiger partial charge in [0.1, 0.15) is 24.2 Å². The zero-order valence-corrected chi connectivity index (χ0v) is 43.7. The van der Waals surface area contributed by atoms with E-state index in [1.165, 1.54) is 11.2 Å². The summed E-state index contributed by atoms with van der Waals surface area (Å²) in [4.78, 5) is 87.4. The number of benzene rings is 2. The van der Waals surface area contributed by atoms with Crippen LogP contribution in [0.15, 0.2) is 60.4 Å². The highest BCUT2D eigenvalue weighted by Gasteiger charge is 2.44. The number of rotatable bonds is 21. The summed E-state index contributed by atoms with van der Waals surface area (Å²) in [7, 11) is 0. The number of nitrogens with zero attached hydrogens (tertiary/aromatic N) is 6. The molecule has 2 fully saturated rings. The summed E-state index contributed by atoms with van der Waals surface area (Å²) in [5, 5.41) is 33.9. The molecule has 6 atom stereocenters. The number of aliphatic hydroxyl groups is 2. The smallest absolute Gasteiger partial charge is 0.246 e. The van der Waals surface area contributed by atoms with Crippen LogP contribution in [-0.4, -0.2) is 135 Å². The number of amides is 5. The Morgan fingerprint density at radius 3 is 2.25 bits per heavy atom. The Kier molecular flexibility index (Phi) is 18.8. The molecule has 0 radical (unpaired) electrons. The fourth-order valence-electron chi connectivity index (χ4n) is 9.90. The number of aliphatic hydroxyl groups excluding tert-OH is 2. The van der Waals surface area contributed by atoms with E-state index in [9.17, 15) is 34.2 Å². The first-order valence-corrected chi connectivity index (χ1v) is 26.6. The molecule has 0 bridgehead atoms. The van der Waals surface area contributed by atoms with E-state index in [4.69, 9.17) is 11.6 Å². The summed E-state index contributed by atoms with van der Waals surface area (Å²) in [6.07, 6.45) is 4.16. The van der Waals surface area contributed by atoms with E-state index in [-0.39, 0.29) is 61.9 Å². The van der Waals surface area contributed by atoms with Crippen molar-refractivity contribution in [1.29, 1.82) is 0 Å². The lowest BCUT2D eigenvalue weighted by Crippen LogP contribution is -2.57. The molecule has 4 aromatic rings. The first-order chi connectivity index (χ1) is 34.5. The Morgan fingerprint density at radius 1 is 0.833 bits per heavy atom. The summed E-state index contributed by atoms with van der Waals surface area (Å²) in [6, 6.07) is 13.4. The Morgan fingerprint density at radius 2 is 1.56 bits per heavy atom. The molecule has 388 valence electrons. The minimum Gasteiger partial charge on any atom is -0.391 e. The van der Waals surface area contributed by atoms with Crippen molar-refractivity contribution >= 4 is 58.3 Å². The maximum absolute atomic E-state index is 14.1. The molecule has 2 saturated heterocycles. The summed E-state index contributed by atoms with van der Waals surface area (Å²) < 4.78 is 0. The van der Waals surface area contributed by atoms with Crippen molar-refractivity contribution in [3.05, 3.63) is 93.5 Å². The van der Waals surface area contributed by atoms with Gasteiger partial charge in [0.05, 0.1) is 39.9 Å². The third-order valence-electron chi connectivity index (χ3n) is 14.0. The van der Waals surface area contributed by atoms with Crippen LogP contribution in [0.3, 0.4) is 0 Å². The van der Waals surface area contributed by atoms with E-state index < -0.39 is 41.5 Å². The van der Waals surface area contributed by atoms with Crippen molar-refractivity contribution in [1.82, 2.24) is 46.0 Å². The molecule has 19 heteroatoms. The number of aryl methyl sites for hydroxylation is 1. The van der Waals surface area contributed by atoms with Gasteiger partial charge in [0.25, 0.3) is 0 Å². The Labute approximate surface area is 431 Å².